The smallest absolute Gasteiger partial charge is 0.181 e. The van der Waals surface area contributed by atoms with Gasteiger partial charge in [-0.1, -0.05) is 13.0 Å². The number of hydrogen-bond donors (Lipinski definition) is 1. The summed E-state index contributed by atoms with van der Waals surface area (Å²) in [4.78, 5) is 0. The first-order valence-electron chi connectivity index (χ1n) is 6.17. The third-order valence-corrected chi connectivity index (χ3v) is 2.64. The molecule has 98 valence electrons. The number of nitrogens with one attached hydrogen (secondary N) is 1. The van der Waals surface area contributed by atoms with E-state index < -0.39 is 11.9 Å². The summed E-state index contributed by atoms with van der Waals surface area (Å²) < 4.78 is 18.9. The second kappa shape index (κ2) is 6.97. The zero-order chi connectivity index (χ0) is 13.5. The van der Waals surface area contributed by atoms with Gasteiger partial charge in [0, 0.05) is 6.04 Å². The number of ether oxygens (including phenoxy) is 1. The molecule has 18 heavy (non-hydrogen) atoms. The van der Waals surface area contributed by atoms with E-state index >= 15 is 0 Å². The fourth-order valence-corrected chi connectivity index (χ4v) is 1.58. The Balaban J connectivity index is 2.76. The lowest BCUT2D eigenvalue weighted by Gasteiger charge is -2.15. The van der Waals surface area contributed by atoms with Gasteiger partial charge >= 0.3 is 0 Å². The molecule has 1 aromatic carbocycles. The number of halogens is 1. The van der Waals surface area contributed by atoms with E-state index in [0.29, 0.717) is 0 Å². The standard InChI is InChI=1S/C14H19FN2O/c1-4-7-17-11(3)12-5-6-14(13(15)8-12)18-10(2)9-16/h5-6,8,10-11,17H,4,7H2,1-3H3. The predicted molar refractivity (Wildman–Crippen MR) is 68.8 cm³/mol. The lowest BCUT2D eigenvalue weighted by Crippen LogP contribution is -2.19. The van der Waals surface area contributed by atoms with Crippen LogP contribution in [0.2, 0.25) is 0 Å². The average Bonchev–Trinajstić information content (AvgIpc) is 2.38. The minimum Gasteiger partial charge on any atom is -0.473 e. The third-order valence-electron chi connectivity index (χ3n) is 2.64. The fourth-order valence-electron chi connectivity index (χ4n) is 1.58. The zero-order valence-corrected chi connectivity index (χ0v) is 11.0. The van der Waals surface area contributed by atoms with E-state index in [2.05, 4.69) is 12.2 Å². The molecule has 2 unspecified atom stereocenters. The lowest BCUT2D eigenvalue weighted by molar-refractivity contribution is 0.263. The molecule has 1 rings (SSSR count). The van der Waals surface area contributed by atoms with Crippen LogP contribution in [-0.2, 0) is 0 Å². The van der Waals surface area contributed by atoms with Crippen LogP contribution in [0.15, 0.2) is 18.2 Å². The molecule has 0 fully saturated rings. The quantitative estimate of drug-likeness (QED) is 0.843. The molecule has 0 aliphatic rings. The zero-order valence-electron chi connectivity index (χ0n) is 11.0. The second-order valence-electron chi connectivity index (χ2n) is 4.25. The van der Waals surface area contributed by atoms with Crippen molar-refractivity contribution in [2.75, 3.05) is 6.54 Å². The Morgan fingerprint density at radius 2 is 2.17 bits per heavy atom. The monoisotopic (exact) mass is 250 g/mol. The van der Waals surface area contributed by atoms with Crippen molar-refractivity contribution in [3.8, 4) is 11.8 Å². The molecule has 0 aromatic heterocycles. The molecule has 3 nitrogen and oxygen atoms in total. The summed E-state index contributed by atoms with van der Waals surface area (Å²) in [6.45, 7) is 6.55. The van der Waals surface area contributed by atoms with Crippen LogP contribution < -0.4 is 10.1 Å². The Labute approximate surface area is 108 Å². The Hall–Kier alpha value is -1.60. The van der Waals surface area contributed by atoms with E-state index in [1.165, 1.54) is 6.07 Å². The highest BCUT2D eigenvalue weighted by atomic mass is 19.1. The maximum absolute atomic E-state index is 13.8. The first-order chi connectivity index (χ1) is 8.58. The number of benzene rings is 1. The summed E-state index contributed by atoms with van der Waals surface area (Å²) in [7, 11) is 0. The fraction of sp³-hybridized carbons (Fsp3) is 0.500. The molecular weight excluding hydrogens is 231 g/mol. The lowest BCUT2D eigenvalue weighted by atomic mass is 10.1. The van der Waals surface area contributed by atoms with Crippen molar-refractivity contribution in [1.82, 2.24) is 5.32 Å². The van der Waals surface area contributed by atoms with Crippen molar-refractivity contribution in [2.45, 2.75) is 39.3 Å². The largest absolute Gasteiger partial charge is 0.473 e. The number of hydrogen-bond acceptors (Lipinski definition) is 3. The van der Waals surface area contributed by atoms with Gasteiger partial charge in [0.1, 0.15) is 6.07 Å². The van der Waals surface area contributed by atoms with E-state index in [4.69, 9.17) is 10.00 Å². The van der Waals surface area contributed by atoms with Crippen molar-refractivity contribution < 1.29 is 9.13 Å². The molecule has 0 spiro atoms. The van der Waals surface area contributed by atoms with Crippen LogP contribution in [-0.4, -0.2) is 12.6 Å². The van der Waals surface area contributed by atoms with Crippen LogP contribution in [0.5, 0.6) is 5.75 Å². The molecule has 0 radical (unpaired) electrons. The van der Waals surface area contributed by atoms with Crippen LogP contribution in [0.25, 0.3) is 0 Å². The highest BCUT2D eigenvalue weighted by Crippen LogP contribution is 2.22. The van der Waals surface area contributed by atoms with Gasteiger partial charge in [0.05, 0.1) is 0 Å². The van der Waals surface area contributed by atoms with Crippen molar-refractivity contribution in [2.24, 2.45) is 0 Å². The van der Waals surface area contributed by atoms with Gasteiger partial charge in [0.15, 0.2) is 17.7 Å². The van der Waals surface area contributed by atoms with Crippen molar-refractivity contribution in [3.05, 3.63) is 29.6 Å². The highest BCUT2D eigenvalue weighted by molar-refractivity contribution is 5.31. The number of rotatable bonds is 6. The van der Waals surface area contributed by atoms with Gasteiger partial charge in [-0.2, -0.15) is 5.26 Å². The van der Waals surface area contributed by atoms with Gasteiger partial charge in [-0.3, -0.25) is 0 Å². The van der Waals surface area contributed by atoms with Crippen molar-refractivity contribution >= 4 is 0 Å². The molecule has 0 bridgehead atoms. The van der Waals surface area contributed by atoms with E-state index in [0.717, 1.165) is 18.5 Å². The SMILES string of the molecule is CCCNC(C)c1ccc(OC(C)C#N)c(F)c1. The summed E-state index contributed by atoms with van der Waals surface area (Å²) in [6, 6.07) is 6.84. The number of nitrogens with zero attached hydrogens (tertiary/aromatic N) is 1. The molecular formula is C14H19FN2O. The van der Waals surface area contributed by atoms with E-state index in [1.54, 1.807) is 13.0 Å². The van der Waals surface area contributed by atoms with Crippen molar-refractivity contribution in [3.63, 3.8) is 0 Å². The molecule has 2 atom stereocenters. The highest BCUT2D eigenvalue weighted by Gasteiger charge is 2.11. The molecule has 0 aliphatic heterocycles. The number of nitriles is 1. The average molecular weight is 250 g/mol. The molecule has 0 saturated heterocycles. The minimum absolute atomic E-state index is 0.0990. The maximum Gasteiger partial charge on any atom is 0.181 e. The van der Waals surface area contributed by atoms with E-state index in [9.17, 15) is 4.39 Å². The first kappa shape index (κ1) is 14.5. The summed E-state index contributed by atoms with van der Waals surface area (Å²) in [5.74, 6) is -0.310. The first-order valence-corrected chi connectivity index (χ1v) is 6.17. The van der Waals surface area contributed by atoms with Gasteiger partial charge in [-0.15, -0.1) is 0 Å². The normalized spacial score (nSPS) is 13.7. The molecule has 1 aromatic rings. The summed E-state index contributed by atoms with van der Waals surface area (Å²) in [5, 5.41) is 11.9. The Kier molecular flexibility index (Phi) is 5.60. The van der Waals surface area contributed by atoms with Crippen LogP contribution in [0.1, 0.15) is 38.8 Å². The molecule has 0 amide bonds. The molecule has 1 N–H and O–H groups in total. The van der Waals surface area contributed by atoms with E-state index in [1.807, 2.05) is 19.1 Å². The maximum atomic E-state index is 13.8. The molecule has 4 heteroatoms. The van der Waals surface area contributed by atoms with Crippen LogP contribution >= 0.6 is 0 Å². The second-order valence-corrected chi connectivity index (χ2v) is 4.25. The predicted octanol–water partition coefficient (Wildman–Crippen LogP) is 3.18. The van der Waals surface area contributed by atoms with Crippen molar-refractivity contribution in [1.29, 1.82) is 5.26 Å². The molecule has 0 aliphatic carbocycles. The summed E-state index contributed by atoms with van der Waals surface area (Å²) in [5.41, 5.74) is 0.873. The third kappa shape index (κ3) is 4.01. The van der Waals surface area contributed by atoms with Gasteiger partial charge in [0.25, 0.3) is 0 Å². The molecule has 0 saturated carbocycles. The minimum atomic E-state index is -0.652. The van der Waals surface area contributed by atoms with Gasteiger partial charge in [-0.25, -0.2) is 4.39 Å². The topological polar surface area (TPSA) is 45.0 Å². The summed E-state index contributed by atoms with van der Waals surface area (Å²) >= 11 is 0. The van der Waals surface area contributed by atoms with Gasteiger partial charge in [0.2, 0.25) is 0 Å². The summed E-state index contributed by atoms with van der Waals surface area (Å²) in [6.07, 6.45) is 0.384. The van der Waals surface area contributed by atoms with E-state index in [-0.39, 0.29) is 11.8 Å². The van der Waals surface area contributed by atoms with Crippen LogP contribution in [0, 0.1) is 17.1 Å². The van der Waals surface area contributed by atoms with Gasteiger partial charge < -0.3 is 10.1 Å². The Morgan fingerprint density at radius 1 is 1.44 bits per heavy atom. The van der Waals surface area contributed by atoms with Crippen LogP contribution in [0.3, 0.4) is 0 Å². The Bertz CT molecular complexity index is 428. The molecule has 0 heterocycles. The van der Waals surface area contributed by atoms with Gasteiger partial charge in [-0.05, 0) is 44.5 Å². The van der Waals surface area contributed by atoms with Crippen LogP contribution in [0.4, 0.5) is 4.39 Å². The Morgan fingerprint density at radius 3 is 2.72 bits per heavy atom.